The van der Waals surface area contributed by atoms with Crippen LogP contribution in [0.3, 0.4) is 0 Å². The molecule has 2 rings (SSSR count). The molecule has 0 bridgehead atoms. The number of alkyl halides is 5. The third-order valence-corrected chi connectivity index (χ3v) is 3.70. The Bertz CT molecular complexity index is 869. The number of aliphatic carboxylic acids is 1. The Balaban J connectivity index is 2.71. The molecule has 8 heteroatoms. The van der Waals surface area contributed by atoms with Crippen LogP contribution in [0.5, 0.6) is 5.75 Å². The Hall–Kier alpha value is -2.90. The molecule has 0 spiro atoms. The first-order valence-corrected chi connectivity index (χ1v) is 7.24. The van der Waals surface area contributed by atoms with Crippen molar-refractivity contribution in [1.29, 1.82) is 0 Å². The van der Waals surface area contributed by atoms with Crippen molar-refractivity contribution in [2.75, 3.05) is 0 Å². The van der Waals surface area contributed by atoms with E-state index in [0.717, 1.165) is 18.2 Å². The zero-order valence-electron chi connectivity index (χ0n) is 13.3. The van der Waals surface area contributed by atoms with Crippen molar-refractivity contribution >= 4 is 17.6 Å². The van der Waals surface area contributed by atoms with Gasteiger partial charge >= 0.3 is 18.1 Å². The highest BCUT2D eigenvalue weighted by atomic mass is 19.4. The lowest BCUT2D eigenvalue weighted by Crippen LogP contribution is -2.34. The maximum absolute atomic E-state index is 13.8. The van der Waals surface area contributed by atoms with Gasteiger partial charge in [-0.2, -0.15) is 22.0 Å². The number of phenolic OH excluding ortho intramolecular Hbond substituents is 1. The first-order chi connectivity index (χ1) is 11.9. The fraction of sp³-hybridized carbons (Fsp3) is 0.167. The van der Waals surface area contributed by atoms with E-state index in [4.69, 9.17) is 0 Å². The quantitative estimate of drug-likeness (QED) is 0.452. The lowest BCUT2D eigenvalue weighted by Gasteiger charge is -2.22. The topological polar surface area (TPSA) is 57.5 Å². The normalized spacial score (nSPS) is 12.9. The van der Waals surface area contributed by atoms with Crippen LogP contribution in [0, 0.1) is 6.92 Å². The molecule has 0 unspecified atom stereocenters. The summed E-state index contributed by atoms with van der Waals surface area (Å²) in [6.45, 7) is 1.53. The number of carbonyl (C=O) groups is 1. The summed E-state index contributed by atoms with van der Waals surface area (Å²) >= 11 is 0. The van der Waals surface area contributed by atoms with Gasteiger partial charge in [-0.15, -0.1) is 0 Å². The minimum absolute atomic E-state index is 0.0967. The third-order valence-electron chi connectivity index (χ3n) is 3.70. The summed E-state index contributed by atoms with van der Waals surface area (Å²) in [5.74, 6) is -6.98. The summed E-state index contributed by atoms with van der Waals surface area (Å²) in [6, 6.07) is 7.47. The second kappa shape index (κ2) is 6.78. The van der Waals surface area contributed by atoms with Crippen molar-refractivity contribution in [3.05, 3.63) is 64.7 Å². The van der Waals surface area contributed by atoms with Crippen molar-refractivity contribution in [1.82, 2.24) is 0 Å². The molecule has 2 N–H and O–H groups in total. The third kappa shape index (κ3) is 3.68. The average Bonchev–Trinajstić information content (AvgIpc) is 2.52. The molecule has 0 aromatic heterocycles. The number of carboxylic acids is 1. The van der Waals surface area contributed by atoms with Gasteiger partial charge in [0, 0.05) is 5.56 Å². The van der Waals surface area contributed by atoms with Crippen LogP contribution in [0.1, 0.15) is 22.3 Å². The highest BCUT2D eigenvalue weighted by Gasteiger charge is 2.59. The molecule has 138 valence electrons. The molecule has 0 saturated carbocycles. The Morgan fingerprint density at radius 1 is 1.04 bits per heavy atom. The first-order valence-electron chi connectivity index (χ1n) is 7.24. The van der Waals surface area contributed by atoms with Crippen LogP contribution in [0.25, 0.3) is 11.6 Å². The number of halogens is 5. The monoisotopic (exact) mass is 372 g/mol. The second-order valence-corrected chi connectivity index (χ2v) is 5.52. The molecule has 0 aliphatic heterocycles. The number of benzene rings is 2. The number of carboxylic acid groups (broad SMARTS) is 1. The largest absolute Gasteiger partial charge is 0.508 e. The number of aromatic hydroxyl groups is 1. The SMILES string of the molecule is Cc1cc(O)ccc1/C=C(\C(=O)O)c1ccccc1C(F)(F)C(F)(F)F. The van der Waals surface area contributed by atoms with E-state index in [2.05, 4.69) is 0 Å². The van der Waals surface area contributed by atoms with Gasteiger partial charge in [0.25, 0.3) is 0 Å². The molecule has 3 nitrogen and oxygen atoms in total. The van der Waals surface area contributed by atoms with E-state index in [1.165, 1.54) is 31.2 Å². The van der Waals surface area contributed by atoms with E-state index >= 15 is 0 Å². The van der Waals surface area contributed by atoms with E-state index in [9.17, 15) is 37.0 Å². The fourth-order valence-corrected chi connectivity index (χ4v) is 2.38. The van der Waals surface area contributed by atoms with E-state index in [1.54, 1.807) is 0 Å². The van der Waals surface area contributed by atoms with Gasteiger partial charge in [-0.3, -0.25) is 0 Å². The Labute approximate surface area is 145 Å². The van der Waals surface area contributed by atoms with Gasteiger partial charge in [-0.1, -0.05) is 30.3 Å². The van der Waals surface area contributed by atoms with Crippen LogP contribution in [0.4, 0.5) is 22.0 Å². The van der Waals surface area contributed by atoms with Crippen LogP contribution < -0.4 is 0 Å². The minimum atomic E-state index is -5.87. The van der Waals surface area contributed by atoms with Crippen molar-refractivity contribution < 1.29 is 37.0 Å². The van der Waals surface area contributed by atoms with E-state index in [1.807, 2.05) is 0 Å². The summed E-state index contributed by atoms with van der Waals surface area (Å²) < 4.78 is 65.9. The number of aryl methyl sites for hydroxylation is 1. The average molecular weight is 372 g/mol. The molecular weight excluding hydrogens is 359 g/mol. The predicted molar refractivity (Wildman–Crippen MR) is 84.7 cm³/mol. The minimum Gasteiger partial charge on any atom is -0.508 e. The van der Waals surface area contributed by atoms with Crippen LogP contribution in [0.2, 0.25) is 0 Å². The van der Waals surface area contributed by atoms with Gasteiger partial charge < -0.3 is 10.2 Å². The molecule has 2 aromatic rings. The van der Waals surface area contributed by atoms with Crippen molar-refractivity contribution in [3.63, 3.8) is 0 Å². The zero-order valence-corrected chi connectivity index (χ0v) is 13.3. The molecule has 26 heavy (non-hydrogen) atoms. The number of phenols is 1. The Kier molecular flexibility index (Phi) is 5.06. The van der Waals surface area contributed by atoms with Crippen LogP contribution >= 0.6 is 0 Å². The molecule has 0 aliphatic rings. The van der Waals surface area contributed by atoms with Gasteiger partial charge in [0.2, 0.25) is 0 Å². The van der Waals surface area contributed by atoms with Gasteiger partial charge in [0.1, 0.15) is 5.75 Å². The van der Waals surface area contributed by atoms with Gasteiger partial charge in [-0.05, 0) is 41.8 Å². The zero-order chi connectivity index (χ0) is 19.7. The van der Waals surface area contributed by atoms with Crippen molar-refractivity contribution in [3.8, 4) is 5.75 Å². The van der Waals surface area contributed by atoms with Crippen LogP contribution in [0.15, 0.2) is 42.5 Å². The Morgan fingerprint density at radius 3 is 2.19 bits per heavy atom. The van der Waals surface area contributed by atoms with Crippen molar-refractivity contribution in [2.45, 2.75) is 19.0 Å². The van der Waals surface area contributed by atoms with Crippen molar-refractivity contribution in [2.24, 2.45) is 0 Å². The summed E-state index contributed by atoms with van der Waals surface area (Å²) in [5.41, 5.74) is -2.24. The maximum Gasteiger partial charge on any atom is 0.458 e. The van der Waals surface area contributed by atoms with E-state index in [-0.39, 0.29) is 11.3 Å². The molecule has 0 atom stereocenters. The molecule has 0 aliphatic carbocycles. The Morgan fingerprint density at radius 2 is 1.65 bits per heavy atom. The molecule has 0 radical (unpaired) electrons. The summed E-state index contributed by atoms with van der Waals surface area (Å²) in [4.78, 5) is 11.6. The van der Waals surface area contributed by atoms with Gasteiger partial charge in [0.15, 0.2) is 0 Å². The lowest BCUT2D eigenvalue weighted by atomic mass is 9.93. The fourth-order valence-electron chi connectivity index (χ4n) is 2.38. The van der Waals surface area contributed by atoms with Crippen LogP contribution in [-0.4, -0.2) is 22.4 Å². The summed E-state index contributed by atoms with van der Waals surface area (Å²) in [7, 11) is 0. The standard InChI is InChI=1S/C18H13F5O3/c1-10-8-12(24)7-6-11(10)9-14(16(25)26)13-4-2-3-5-15(13)17(19,20)18(21,22)23/h2-9,24H,1H3,(H,25,26)/b14-9-. The van der Waals surface area contributed by atoms with E-state index in [0.29, 0.717) is 11.6 Å². The van der Waals surface area contributed by atoms with Gasteiger partial charge in [0.05, 0.1) is 5.57 Å². The highest BCUT2D eigenvalue weighted by Crippen LogP contribution is 2.46. The predicted octanol–water partition coefficient (Wildman–Crippen LogP) is 4.98. The lowest BCUT2D eigenvalue weighted by molar-refractivity contribution is -0.289. The maximum atomic E-state index is 13.8. The smallest absolute Gasteiger partial charge is 0.458 e. The van der Waals surface area contributed by atoms with E-state index < -0.39 is 34.8 Å². The molecular formula is C18H13F5O3. The number of rotatable bonds is 4. The highest BCUT2D eigenvalue weighted by molar-refractivity contribution is 6.21. The summed E-state index contributed by atoms with van der Waals surface area (Å²) in [5, 5.41) is 18.8. The van der Waals surface area contributed by atoms with Crippen LogP contribution in [-0.2, 0) is 10.7 Å². The molecule has 0 amide bonds. The van der Waals surface area contributed by atoms with Gasteiger partial charge in [-0.25, -0.2) is 4.79 Å². The molecule has 0 fully saturated rings. The first kappa shape index (κ1) is 19.4. The number of hydrogen-bond donors (Lipinski definition) is 2. The second-order valence-electron chi connectivity index (χ2n) is 5.52. The number of hydrogen-bond acceptors (Lipinski definition) is 2. The molecule has 0 saturated heterocycles. The molecule has 0 heterocycles. The molecule has 2 aromatic carbocycles. The summed E-state index contributed by atoms with van der Waals surface area (Å²) in [6.07, 6.45) is -4.89.